The molecule has 1 atom stereocenters. The molecule has 1 rings (SSSR count). The van der Waals surface area contributed by atoms with Gasteiger partial charge in [0, 0.05) is 12.6 Å². The molecule has 0 fully saturated rings. The van der Waals surface area contributed by atoms with Gasteiger partial charge in [0.25, 0.3) is 5.91 Å². The van der Waals surface area contributed by atoms with E-state index in [4.69, 9.17) is 10.5 Å². The van der Waals surface area contributed by atoms with Crippen LogP contribution in [0, 0.1) is 0 Å². The number of rotatable bonds is 4. The van der Waals surface area contributed by atoms with Gasteiger partial charge in [-0.05, 0) is 25.1 Å². The minimum absolute atomic E-state index is 0.259. The van der Waals surface area contributed by atoms with Crippen molar-refractivity contribution < 1.29 is 14.3 Å². The molecule has 0 bridgehead atoms. The molecular weight excluding hydrogens is 234 g/mol. The number of amides is 2. The Kier molecular flexibility index (Phi) is 4.53. The summed E-state index contributed by atoms with van der Waals surface area (Å²) in [6, 6.07) is 4.08. The SMILES string of the molecule is CNC(=O)C(C)NC(=O)c1ccc(N)c(OC)c1. The van der Waals surface area contributed by atoms with Crippen molar-refractivity contribution in [3.05, 3.63) is 23.8 Å². The van der Waals surface area contributed by atoms with Gasteiger partial charge < -0.3 is 21.1 Å². The van der Waals surface area contributed by atoms with Crippen LogP contribution in [0.1, 0.15) is 17.3 Å². The number of methoxy groups -OCH3 is 1. The molecule has 0 aromatic heterocycles. The molecule has 0 aliphatic rings. The smallest absolute Gasteiger partial charge is 0.252 e. The second kappa shape index (κ2) is 5.90. The summed E-state index contributed by atoms with van der Waals surface area (Å²) in [6.45, 7) is 1.60. The summed E-state index contributed by atoms with van der Waals surface area (Å²) in [5.41, 5.74) is 6.49. The maximum atomic E-state index is 11.9. The van der Waals surface area contributed by atoms with Crippen LogP contribution >= 0.6 is 0 Å². The Morgan fingerprint density at radius 3 is 2.61 bits per heavy atom. The minimum atomic E-state index is -0.606. The zero-order valence-electron chi connectivity index (χ0n) is 10.6. The lowest BCUT2D eigenvalue weighted by molar-refractivity contribution is -0.122. The first-order valence-electron chi connectivity index (χ1n) is 5.45. The predicted octanol–water partition coefficient (Wildman–Crippen LogP) is 0.142. The van der Waals surface area contributed by atoms with Crippen LogP contribution in [0.25, 0.3) is 0 Å². The lowest BCUT2D eigenvalue weighted by Gasteiger charge is -2.13. The summed E-state index contributed by atoms with van der Waals surface area (Å²) < 4.78 is 5.03. The van der Waals surface area contributed by atoms with Crippen LogP contribution in [0.15, 0.2) is 18.2 Å². The Morgan fingerprint density at radius 1 is 1.39 bits per heavy atom. The Bertz CT molecular complexity index is 460. The fourth-order valence-electron chi connectivity index (χ4n) is 1.41. The zero-order valence-corrected chi connectivity index (χ0v) is 10.6. The van der Waals surface area contributed by atoms with Gasteiger partial charge in [-0.1, -0.05) is 0 Å². The topological polar surface area (TPSA) is 93.5 Å². The van der Waals surface area contributed by atoms with E-state index in [1.165, 1.54) is 20.2 Å². The summed E-state index contributed by atoms with van der Waals surface area (Å²) in [5.74, 6) is -0.189. The normalized spacial score (nSPS) is 11.5. The van der Waals surface area contributed by atoms with Crippen molar-refractivity contribution in [2.45, 2.75) is 13.0 Å². The van der Waals surface area contributed by atoms with Crippen LogP contribution in [0.2, 0.25) is 0 Å². The van der Waals surface area contributed by atoms with E-state index in [0.29, 0.717) is 17.0 Å². The number of anilines is 1. The van der Waals surface area contributed by atoms with E-state index in [1.807, 2.05) is 0 Å². The molecule has 1 unspecified atom stereocenters. The van der Waals surface area contributed by atoms with Gasteiger partial charge >= 0.3 is 0 Å². The molecule has 0 heterocycles. The molecule has 18 heavy (non-hydrogen) atoms. The van der Waals surface area contributed by atoms with E-state index in [-0.39, 0.29) is 11.8 Å². The van der Waals surface area contributed by atoms with Crippen LogP contribution in [-0.4, -0.2) is 32.0 Å². The minimum Gasteiger partial charge on any atom is -0.495 e. The average Bonchev–Trinajstić information content (AvgIpc) is 2.37. The summed E-state index contributed by atoms with van der Waals surface area (Å²) in [7, 11) is 2.98. The van der Waals surface area contributed by atoms with Crippen LogP contribution in [0.5, 0.6) is 5.75 Å². The van der Waals surface area contributed by atoms with Gasteiger partial charge in [0.15, 0.2) is 0 Å². The Labute approximate surface area is 105 Å². The van der Waals surface area contributed by atoms with Gasteiger partial charge in [0.05, 0.1) is 12.8 Å². The largest absolute Gasteiger partial charge is 0.495 e. The highest BCUT2D eigenvalue weighted by atomic mass is 16.5. The third-order valence-corrected chi connectivity index (χ3v) is 2.48. The molecule has 0 spiro atoms. The highest BCUT2D eigenvalue weighted by molar-refractivity contribution is 5.98. The van der Waals surface area contributed by atoms with E-state index in [2.05, 4.69) is 10.6 Å². The standard InChI is InChI=1S/C12H17N3O3/c1-7(11(16)14-2)15-12(17)8-4-5-9(13)10(6-8)18-3/h4-7H,13H2,1-3H3,(H,14,16)(H,15,17). The van der Waals surface area contributed by atoms with Crippen molar-refractivity contribution in [1.82, 2.24) is 10.6 Å². The van der Waals surface area contributed by atoms with E-state index in [9.17, 15) is 9.59 Å². The summed E-state index contributed by atoms with van der Waals surface area (Å²) >= 11 is 0. The molecule has 0 radical (unpaired) electrons. The average molecular weight is 251 g/mol. The molecule has 1 aromatic carbocycles. The molecule has 4 N–H and O–H groups in total. The van der Waals surface area contributed by atoms with E-state index < -0.39 is 6.04 Å². The highest BCUT2D eigenvalue weighted by Gasteiger charge is 2.16. The number of nitrogen functional groups attached to an aromatic ring is 1. The monoisotopic (exact) mass is 251 g/mol. The third-order valence-electron chi connectivity index (χ3n) is 2.48. The summed E-state index contributed by atoms with van der Waals surface area (Å²) in [4.78, 5) is 23.2. The van der Waals surface area contributed by atoms with Gasteiger partial charge in [-0.3, -0.25) is 9.59 Å². The summed E-state index contributed by atoms with van der Waals surface area (Å²) in [5, 5.41) is 5.03. The molecule has 0 aliphatic carbocycles. The Balaban J connectivity index is 2.81. The fraction of sp³-hybridized carbons (Fsp3) is 0.333. The number of carbonyl (C=O) groups is 2. The van der Waals surface area contributed by atoms with E-state index in [0.717, 1.165) is 0 Å². The van der Waals surface area contributed by atoms with Gasteiger partial charge in [-0.2, -0.15) is 0 Å². The van der Waals surface area contributed by atoms with Crippen molar-refractivity contribution in [3.63, 3.8) is 0 Å². The third kappa shape index (κ3) is 3.13. The molecule has 0 saturated heterocycles. The first kappa shape index (κ1) is 13.8. The highest BCUT2D eigenvalue weighted by Crippen LogP contribution is 2.21. The van der Waals surface area contributed by atoms with Gasteiger partial charge in [-0.25, -0.2) is 0 Å². The quantitative estimate of drug-likeness (QED) is 0.664. The van der Waals surface area contributed by atoms with Crippen molar-refractivity contribution in [2.75, 3.05) is 19.9 Å². The van der Waals surface area contributed by atoms with Crippen LogP contribution in [-0.2, 0) is 4.79 Å². The first-order chi connectivity index (χ1) is 8.49. The molecule has 6 heteroatoms. The van der Waals surface area contributed by atoms with Crippen molar-refractivity contribution >= 4 is 17.5 Å². The van der Waals surface area contributed by atoms with Crippen molar-refractivity contribution in [2.24, 2.45) is 0 Å². The van der Waals surface area contributed by atoms with Gasteiger partial charge in [0.2, 0.25) is 5.91 Å². The number of hydrogen-bond donors (Lipinski definition) is 3. The number of nitrogens with two attached hydrogens (primary N) is 1. The lowest BCUT2D eigenvalue weighted by Crippen LogP contribution is -2.43. The maximum Gasteiger partial charge on any atom is 0.252 e. The number of ether oxygens (including phenoxy) is 1. The van der Waals surface area contributed by atoms with Crippen LogP contribution in [0.4, 0.5) is 5.69 Å². The molecule has 0 aliphatic heterocycles. The van der Waals surface area contributed by atoms with Crippen molar-refractivity contribution in [1.29, 1.82) is 0 Å². The maximum absolute atomic E-state index is 11.9. The van der Waals surface area contributed by atoms with E-state index >= 15 is 0 Å². The number of benzene rings is 1. The number of hydrogen-bond acceptors (Lipinski definition) is 4. The number of likely N-dealkylation sites (N-methyl/N-ethyl adjacent to an activating group) is 1. The summed E-state index contributed by atoms with van der Waals surface area (Å²) in [6.07, 6.45) is 0. The Hall–Kier alpha value is -2.24. The van der Waals surface area contributed by atoms with Gasteiger partial charge in [-0.15, -0.1) is 0 Å². The van der Waals surface area contributed by atoms with Crippen molar-refractivity contribution in [3.8, 4) is 5.75 Å². The number of nitrogens with one attached hydrogen (secondary N) is 2. The second-order valence-corrected chi connectivity index (χ2v) is 3.77. The molecule has 6 nitrogen and oxygen atoms in total. The fourth-order valence-corrected chi connectivity index (χ4v) is 1.41. The molecule has 0 saturated carbocycles. The molecular formula is C12H17N3O3. The van der Waals surface area contributed by atoms with Crippen LogP contribution < -0.4 is 21.1 Å². The lowest BCUT2D eigenvalue weighted by atomic mass is 10.1. The second-order valence-electron chi connectivity index (χ2n) is 3.77. The molecule has 1 aromatic rings. The predicted molar refractivity (Wildman–Crippen MR) is 68.4 cm³/mol. The molecule has 98 valence electrons. The number of carbonyl (C=O) groups excluding carboxylic acids is 2. The van der Waals surface area contributed by atoms with E-state index in [1.54, 1.807) is 19.1 Å². The van der Waals surface area contributed by atoms with Gasteiger partial charge in [0.1, 0.15) is 11.8 Å². The van der Waals surface area contributed by atoms with Crippen LogP contribution in [0.3, 0.4) is 0 Å². The Morgan fingerprint density at radius 2 is 2.06 bits per heavy atom. The molecule has 2 amide bonds. The first-order valence-corrected chi connectivity index (χ1v) is 5.45. The zero-order chi connectivity index (χ0) is 13.7.